The predicted octanol–water partition coefficient (Wildman–Crippen LogP) is 2.41. The molecule has 0 saturated heterocycles. The van der Waals surface area contributed by atoms with Gasteiger partial charge < -0.3 is 9.53 Å². The van der Waals surface area contributed by atoms with Gasteiger partial charge in [-0.1, -0.05) is 26.0 Å². The molecule has 0 saturated carbocycles. The van der Waals surface area contributed by atoms with Gasteiger partial charge in [0.2, 0.25) is 0 Å². The molecule has 1 aliphatic rings. The van der Waals surface area contributed by atoms with Crippen LogP contribution in [0.15, 0.2) is 24.3 Å². The highest BCUT2D eigenvalue weighted by molar-refractivity contribution is 6.14. The van der Waals surface area contributed by atoms with Gasteiger partial charge in [-0.3, -0.25) is 9.59 Å². The highest BCUT2D eigenvalue weighted by Crippen LogP contribution is 2.39. The second-order valence-electron chi connectivity index (χ2n) is 5.58. The molecule has 100 valence electrons. The lowest BCUT2D eigenvalue weighted by Crippen LogP contribution is -2.43. The van der Waals surface area contributed by atoms with Gasteiger partial charge in [0.15, 0.2) is 5.78 Å². The van der Waals surface area contributed by atoms with Crippen molar-refractivity contribution in [2.24, 2.45) is 11.3 Å². The first kappa shape index (κ1) is 13.5. The van der Waals surface area contributed by atoms with Gasteiger partial charge in [-0.15, -0.1) is 0 Å². The number of hydrogen-bond donors (Lipinski definition) is 0. The third-order valence-electron chi connectivity index (χ3n) is 3.35. The van der Waals surface area contributed by atoms with Gasteiger partial charge in [-0.2, -0.15) is 0 Å². The van der Waals surface area contributed by atoms with E-state index < -0.39 is 17.3 Å². The van der Waals surface area contributed by atoms with Crippen LogP contribution in [0.3, 0.4) is 0 Å². The standard InChI is InChI=1S/C15H16O4/c1-9(16)8-15(2,3)12-13(17)10-6-4-5-7-11(10)19-14(12)18/h4-7,12H,8H2,1-3H3. The van der Waals surface area contributed by atoms with Gasteiger partial charge in [-0.05, 0) is 24.5 Å². The topological polar surface area (TPSA) is 60.4 Å². The van der Waals surface area contributed by atoms with Crippen molar-refractivity contribution in [3.05, 3.63) is 29.8 Å². The maximum atomic E-state index is 12.4. The second kappa shape index (κ2) is 4.61. The molecule has 0 bridgehead atoms. The summed E-state index contributed by atoms with van der Waals surface area (Å²) in [6.07, 6.45) is 0.167. The van der Waals surface area contributed by atoms with Crippen molar-refractivity contribution in [2.45, 2.75) is 27.2 Å². The molecule has 1 atom stereocenters. The Morgan fingerprint density at radius 2 is 1.89 bits per heavy atom. The van der Waals surface area contributed by atoms with E-state index in [9.17, 15) is 14.4 Å². The molecule has 4 heteroatoms. The molecule has 0 fully saturated rings. The van der Waals surface area contributed by atoms with Crippen LogP contribution in [-0.2, 0) is 9.59 Å². The zero-order chi connectivity index (χ0) is 14.2. The molecular formula is C15H16O4. The third kappa shape index (κ3) is 2.43. The summed E-state index contributed by atoms with van der Waals surface area (Å²) < 4.78 is 5.21. The van der Waals surface area contributed by atoms with Crippen molar-refractivity contribution in [1.29, 1.82) is 0 Å². The largest absolute Gasteiger partial charge is 0.425 e. The summed E-state index contributed by atoms with van der Waals surface area (Å²) in [5, 5.41) is 0. The number of fused-ring (bicyclic) bond motifs is 1. The molecule has 1 unspecified atom stereocenters. The van der Waals surface area contributed by atoms with Gasteiger partial charge in [0.1, 0.15) is 17.5 Å². The number of rotatable bonds is 3. The average Bonchev–Trinajstić information content (AvgIpc) is 2.26. The number of carbonyl (C=O) groups is 3. The van der Waals surface area contributed by atoms with Crippen molar-refractivity contribution in [3.8, 4) is 5.75 Å². The van der Waals surface area contributed by atoms with E-state index in [1.807, 2.05) is 0 Å². The fourth-order valence-electron chi connectivity index (χ4n) is 2.61. The minimum Gasteiger partial charge on any atom is -0.425 e. The molecule has 0 N–H and O–H groups in total. The number of ether oxygens (including phenoxy) is 1. The monoisotopic (exact) mass is 260 g/mol. The molecule has 1 aromatic rings. The maximum Gasteiger partial charge on any atom is 0.322 e. The van der Waals surface area contributed by atoms with Crippen LogP contribution in [-0.4, -0.2) is 17.5 Å². The van der Waals surface area contributed by atoms with Crippen LogP contribution in [0.5, 0.6) is 5.75 Å². The summed E-state index contributed by atoms with van der Waals surface area (Å²) in [6, 6.07) is 6.67. The fraction of sp³-hybridized carbons (Fsp3) is 0.400. The fourth-order valence-corrected chi connectivity index (χ4v) is 2.61. The Hall–Kier alpha value is -1.97. The van der Waals surface area contributed by atoms with E-state index in [0.717, 1.165) is 0 Å². The smallest absolute Gasteiger partial charge is 0.322 e. The summed E-state index contributed by atoms with van der Waals surface area (Å²) >= 11 is 0. The number of Topliss-reactive ketones (excluding diaryl/α,β-unsaturated/α-hetero) is 2. The predicted molar refractivity (Wildman–Crippen MR) is 69.0 cm³/mol. The molecule has 1 aliphatic heterocycles. The Morgan fingerprint density at radius 1 is 1.26 bits per heavy atom. The van der Waals surface area contributed by atoms with Crippen molar-refractivity contribution in [2.75, 3.05) is 0 Å². The summed E-state index contributed by atoms with van der Waals surface area (Å²) in [4.78, 5) is 35.8. The van der Waals surface area contributed by atoms with Crippen LogP contribution in [0.4, 0.5) is 0 Å². The van der Waals surface area contributed by atoms with Crippen molar-refractivity contribution >= 4 is 17.5 Å². The molecule has 4 nitrogen and oxygen atoms in total. The minimum absolute atomic E-state index is 0.0514. The van der Waals surface area contributed by atoms with Crippen LogP contribution in [0, 0.1) is 11.3 Å². The number of benzene rings is 1. The quantitative estimate of drug-likeness (QED) is 0.475. The molecule has 0 aliphatic carbocycles. The van der Waals surface area contributed by atoms with Gasteiger partial charge in [0.05, 0.1) is 5.56 Å². The Bertz CT molecular complexity index is 557. The maximum absolute atomic E-state index is 12.4. The van der Waals surface area contributed by atoms with Crippen LogP contribution in [0.1, 0.15) is 37.6 Å². The van der Waals surface area contributed by atoms with Crippen LogP contribution >= 0.6 is 0 Å². The molecule has 0 spiro atoms. The summed E-state index contributed by atoms with van der Waals surface area (Å²) in [6.45, 7) is 4.94. The lowest BCUT2D eigenvalue weighted by atomic mass is 9.71. The normalized spacial score (nSPS) is 18.8. The molecule has 1 aromatic carbocycles. The van der Waals surface area contributed by atoms with E-state index in [1.54, 1.807) is 38.1 Å². The first-order chi connectivity index (χ1) is 8.83. The van der Waals surface area contributed by atoms with E-state index in [-0.39, 0.29) is 18.0 Å². The van der Waals surface area contributed by atoms with E-state index in [2.05, 4.69) is 0 Å². The molecule has 2 rings (SSSR count). The summed E-state index contributed by atoms with van der Waals surface area (Å²) in [7, 11) is 0. The molecule has 1 heterocycles. The molecule has 19 heavy (non-hydrogen) atoms. The lowest BCUT2D eigenvalue weighted by molar-refractivity contribution is -0.142. The van der Waals surface area contributed by atoms with Gasteiger partial charge in [-0.25, -0.2) is 0 Å². The zero-order valence-corrected chi connectivity index (χ0v) is 11.2. The SMILES string of the molecule is CC(=O)CC(C)(C)C1C(=O)Oc2ccccc2C1=O. The highest BCUT2D eigenvalue weighted by atomic mass is 16.5. The molecule has 0 radical (unpaired) electrons. The van der Waals surface area contributed by atoms with Gasteiger partial charge in [0.25, 0.3) is 0 Å². The van der Waals surface area contributed by atoms with Crippen LogP contribution in [0.2, 0.25) is 0 Å². The Kier molecular flexibility index (Phi) is 3.27. The van der Waals surface area contributed by atoms with Crippen LogP contribution < -0.4 is 4.74 Å². The third-order valence-corrected chi connectivity index (χ3v) is 3.35. The van der Waals surface area contributed by atoms with E-state index in [1.165, 1.54) is 6.92 Å². The summed E-state index contributed by atoms with van der Waals surface area (Å²) in [5.41, 5.74) is -0.336. The van der Waals surface area contributed by atoms with E-state index >= 15 is 0 Å². The number of ketones is 2. The number of hydrogen-bond acceptors (Lipinski definition) is 4. The van der Waals surface area contributed by atoms with Gasteiger partial charge in [0, 0.05) is 6.42 Å². The Labute approximate surface area is 111 Å². The first-order valence-corrected chi connectivity index (χ1v) is 6.17. The summed E-state index contributed by atoms with van der Waals surface area (Å²) in [5.74, 6) is -1.52. The van der Waals surface area contributed by atoms with Crippen molar-refractivity contribution in [1.82, 2.24) is 0 Å². The lowest BCUT2D eigenvalue weighted by Gasteiger charge is -2.33. The van der Waals surface area contributed by atoms with Crippen LogP contribution in [0.25, 0.3) is 0 Å². The highest BCUT2D eigenvalue weighted by Gasteiger charge is 2.46. The molecule has 0 amide bonds. The van der Waals surface area contributed by atoms with Crippen molar-refractivity contribution < 1.29 is 19.1 Å². The number of esters is 1. The first-order valence-electron chi connectivity index (χ1n) is 6.17. The number of para-hydroxylation sites is 1. The molecular weight excluding hydrogens is 244 g/mol. The van der Waals surface area contributed by atoms with E-state index in [0.29, 0.717) is 11.3 Å². The minimum atomic E-state index is -0.925. The zero-order valence-electron chi connectivity index (χ0n) is 11.2. The van der Waals surface area contributed by atoms with Gasteiger partial charge >= 0.3 is 5.97 Å². The average molecular weight is 260 g/mol. The second-order valence-corrected chi connectivity index (χ2v) is 5.58. The molecule has 0 aromatic heterocycles. The van der Waals surface area contributed by atoms with E-state index in [4.69, 9.17) is 4.74 Å². The Morgan fingerprint density at radius 3 is 2.53 bits per heavy atom. The Balaban J connectivity index is 2.41. The number of carbonyl (C=O) groups excluding carboxylic acids is 3. The van der Waals surface area contributed by atoms with Crippen molar-refractivity contribution in [3.63, 3.8) is 0 Å².